The van der Waals surface area contributed by atoms with Crippen LogP contribution in [0.3, 0.4) is 0 Å². The van der Waals surface area contributed by atoms with E-state index in [1.807, 2.05) is 0 Å². The first-order valence-electron chi connectivity index (χ1n) is 8.02. The van der Waals surface area contributed by atoms with E-state index in [1.54, 1.807) is 0 Å². The smallest absolute Gasteiger partial charge is 0.102 e. The second kappa shape index (κ2) is 5.71. The van der Waals surface area contributed by atoms with E-state index in [1.165, 1.54) is 5.69 Å². The molecule has 1 aromatic rings. The van der Waals surface area contributed by atoms with Gasteiger partial charge in [0.05, 0.1) is 11.7 Å². The third kappa shape index (κ3) is 3.65. The first kappa shape index (κ1) is 16.5. The molecule has 4 heteroatoms. The first-order valence-corrected chi connectivity index (χ1v) is 8.02. The Morgan fingerprint density at radius 3 is 2.38 bits per heavy atom. The van der Waals surface area contributed by atoms with Crippen LogP contribution in [-0.2, 0) is 10.8 Å². The Morgan fingerprint density at radius 2 is 1.86 bits per heavy atom. The van der Waals surface area contributed by atoms with Gasteiger partial charge in [0.25, 0.3) is 0 Å². The van der Waals surface area contributed by atoms with Crippen LogP contribution in [0.1, 0.15) is 65.4 Å². The summed E-state index contributed by atoms with van der Waals surface area (Å²) in [5.41, 5.74) is 2.57. The van der Waals surface area contributed by atoms with E-state index in [2.05, 4.69) is 57.2 Å². The van der Waals surface area contributed by atoms with E-state index in [9.17, 15) is 4.39 Å². The lowest BCUT2D eigenvalue weighted by Gasteiger charge is -2.24. The quantitative estimate of drug-likeness (QED) is 0.848. The normalized spacial score (nSPS) is 21.2. The van der Waals surface area contributed by atoms with Gasteiger partial charge in [0, 0.05) is 36.2 Å². The summed E-state index contributed by atoms with van der Waals surface area (Å²) in [4.78, 5) is 2.20. The monoisotopic (exact) mass is 295 g/mol. The molecule has 1 aliphatic rings. The van der Waals surface area contributed by atoms with Crippen molar-refractivity contribution in [1.82, 2.24) is 14.7 Å². The highest BCUT2D eigenvalue weighted by atomic mass is 19.1. The lowest BCUT2D eigenvalue weighted by atomic mass is 9.87. The van der Waals surface area contributed by atoms with Crippen molar-refractivity contribution in [1.29, 1.82) is 0 Å². The first-order chi connectivity index (χ1) is 9.63. The second-order valence-electron chi connectivity index (χ2n) is 8.29. The van der Waals surface area contributed by atoms with Crippen LogP contribution in [0.25, 0.3) is 0 Å². The molecular weight excluding hydrogens is 265 g/mol. The summed E-state index contributed by atoms with van der Waals surface area (Å²) < 4.78 is 14.8. The minimum atomic E-state index is -0.259. The van der Waals surface area contributed by atoms with Gasteiger partial charge in [0.2, 0.25) is 0 Å². The Morgan fingerprint density at radius 1 is 1.19 bits per heavy atom. The number of hydrogen-bond acceptors (Lipinski definition) is 2. The van der Waals surface area contributed by atoms with E-state index in [4.69, 9.17) is 5.10 Å². The lowest BCUT2D eigenvalue weighted by Crippen LogP contribution is -2.26. The summed E-state index contributed by atoms with van der Waals surface area (Å²) in [6.45, 7) is 15.5. The molecule has 0 aliphatic carbocycles. The van der Waals surface area contributed by atoms with Crippen molar-refractivity contribution in [2.24, 2.45) is 0 Å². The van der Waals surface area contributed by atoms with Crippen molar-refractivity contribution in [3.8, 4) is 0 Å². The van der Waals surface area contributed by atoms with Crippen molar-refractivity contribution < 1.29 is 4.39 Å². The number of halogens is 1. The van der Waals surface area contributed by atoms with Crippen LogP contribution in [0.4, 0.5) is 4.39 Å². The Balaban J connectivity index is 2.32. The van der Waals surface area contributed by atoms with Gasteiger partial charge >= 0.3 is 0 Å². The SMILES string of the molecule is CC(C)(C)c1cc(C(C)(C)C)n(C2CCN(CCF)C2)n1. The van der Waals surface area contributed by atoms with Crippen molar-refractivity contribution in [3.05, 3.63) is 17.5 Å². The molecule has 0 N–H and O–H groups in total. The van der Waals surface area contributed by atoms with E-state index >= 15 is 0 Å². The van der Waals surface area contributed by atoms with E-state index < -0.39 is 0 Å². The third-order valence-corrected chi connectivity index (χ3v) is 4.27. The number of likely N-dealkylation sites (tertiary alicyclic amines) is 1. The number of rotatable bonds is 3. The molecule has 0 aromatic carbocycles. The Kier molecular flexibility index (Phi) is 4.48. The van der Waals surface area contributed by atoms with Gasteiger partial charge in [0.15, 0.2) is 0 Å². The highest BCUT2D eigenvalue weighted by Crippen LogP contribution is 2.33. The predicted molar refractivity (Wildman–Crippen MR) is 85.7 cm³/mol. The van der Waals surface area contributed by atoms with Crippen LogP contribution in [0, 0.1) is 0 Å². The molecule has 2 rings (SSSR count). The summed E-state index contributed by atoms with van der Waals surface area (Å²) in [6.07, 6.45) is 1.06. The molecule has 3 nitrogen and oxygen atoms in total. The van der Waals surface area contributed by atoms with Crippen LogP contribution in [-0.4, -0.2) is 41.0 Å². The van der Waals surface area contributed by atoms with E-state index in [0.29, 0.717) is 12.6 Å². The van der Waals surface area contributed by atoms with Gasteiger partial charge in [-0.15, -0.1) is 0 Å². The van der Waals surface area contributed by atoms with Gasteiger partial charge in [0.1, 0.15) is 6.67 Å². The molecule has 0 spiro atoms. The summed E-state index contributed by atoms with van der Waals surface area (Å²) in [5, 5.41) is 4.92. The van der Waals surface area contributed by atoms with Gasteiger partial charge in [-0.25, -0.2) is 4.39 Å². The van der Waals surface area contributed by atoms with E-state index in [-0.39, 0.29) is 17.5 Å². The minimum absolute atomic E-state index is 0.0580. The highest BCUT2D eigenvalue weighted by Gasteiger charge is 2.31. The summed E-state index contributed by atoms with van der Waals surface area (Å²) >= 11 is 0. The van der Waals surface area contributed by atoms with Gasteiger partial charge in [-0.1, -0.05) is 41.5 Å². The molecule has 0 saturated carbocycles. The molecule has 1 aromatic heterocycles. The predicted octanol–water partition coefficient (Wildman–Crippen LogP) is 3.69. The molecule has 0 amide bonds. The Hall–Kier alpha value is -0.900. The van der Waals surface area contributed by atoms with Crippen LogP contribution < -0.4 is 0 Å². The zero-order valence-corrected chi connectivity index (χ0v) is 14.4. The molecule has 1 atom stereocenters. The fraction of sp³-hybridized carbons (Fsp3) is 0.824. The number of aromatic nitrogens is 2. The fourth-order valence-electron chi connectivity index (χ4n) is 2.93. The van der Waals surface area contributed by atoms with Gasteiger partial charge in [-0.3, -0.25) is 9.58 Å². The maximum absolute atomic E-state index is 12.5. The molecule has 1 aliphatic heterocycles. The van der Waals surface area contributed by atoms with Gasteiger partial charge in [-0.2, -0.15) is 5.10 Å². The Labute approximate surface area is 128 Å². The van der Waals surface area contributed by atoms with Gasteiger partial charge < -0.3 is 0 Å². The third-order valence-electron chi connectivity index (χ3n) is 4.27. The van der Waals surface area contributed by atoms with Crippen molar-refractivity contribution >= 4 is 0 Å². The van der Waals surface area contributed by atoms with Crippen LogP contribution >= 0.6 is 0 Å². The largest absolute Gasteiger partial charge is 0.299 e. The average molecular weight is 295 g/mol. The zero-order valence-electron chi connectivity index (χ0n) is 14.4. The lowest BCUT2D eigenvalue weighted by molar-refractivity contribution is 0.281. The standard InChI is InChI=1S/C17H30FN3/c1-16(2,3)14-11-15(17(4,5)6)21(19-14)13-7-9-20(12-13)10-8-18/h11,13H,7-10,12H2,1-6H3. The molecule has 21 heavy (non-hydrogen) atoms. The second-order valence-corrected chi connectivity index (χ2v) is 8.29. The maximum atomic E-state index is 12.5. The van der Waals surface area contributed by atoms with E-state index in [0.717, 1.165) is 25.2 Å². The van der Waals surface area contributed by atoms with Crippen LogP contribution in [0.5, 0.6) is 0 Å². The van der Waals surface area contributed by atoms with Crippen molar-refractivity contribution in [2.45, 2.75) is 64.8 Å². The number of nitrogens with zero attached hydrogens (tertiary/aromatic N) is 3. The minimum Gasteiger partial charge on any atom is -0.299 e. The molecule has 0 bridgehead atoms. The molecule has 0 radical (unpaired) electrons. The van der Waals surface area contributed by atoms with Crippen molar-refractivity contribution in [2.75, 3.05) is 26.3 Å². The topological polar surface area (TPSA) is 21.1 Å². The zero-order chi connectivity index (χ0) is 15.8. The number of hydrogen-bond donors (Lipinski definition) is 0. The highest BCUT2D eigenvalue weighted by molar-refractivity contribution is 5.23. The van der Waals surface area contributed by atoms with Crippen molar-refractivity contribution in [3.63, 3.8) is 0 Å². The molecular formula is C17H30FN3. The van der Waals surface area contributed by atoms with Gasteiger partial charge in [-0.05, 0) is 12.5 Å². The van der Waals surface area contributed by atoms with Crippen LogP contribution in [0.15, 0.2) is 6.07 Å². The maximum Gasteiger partial charge on any atom is 0.102 e. The Bertz CT molecular complexity index is 479. The average Bonchev–Trinajstić information content (AvgIpc) is 2.91. The molecule has 1 saturated heterocycles. The molecule has 2 heterocycles. The summed E-state index contributed by atoms with van der Waals surface area (Å²) in [5.74, 6) is 0. The summed E-state index contributed by atoms with van der Waals surface area (Å²) in [7, 11) is 0. The van der Waals surface area contributed by atoms with Crippen LogP contribution in [0.2, 0.25) is 0 Å². The molecule has 120 valence electrons. The molecule has 1 unspecified atom stereocenters. The fourth-order valence-corrected chi connectivity index (χ4v) is 2.93. The summed E-state index contributed by atoms with van der Waals surface area (Å²) in [6, 6.07) is 2.64. The number of alkyl halides is 1. The molecule has 1 fully saturated rings.